The fraction of sp³-hybridized carbons (Fsp3) is 1.00. The van der Waals surface area contributed by atoms with Crippen molar-refractivity contribution in [3.63, 3.8) is 0 Å². The average molecular weight is 397 g/mol. The molecule has 0 fully saturated rings. The lowest BCUT2D eigenvalue weighted by Crippen LogP contribution is -2.65. The van der Waals surface area contributed by atoms with Crippen LogP contribution in [-0.2, 0) is 0 Å². The second-order valence-corrected chi connectivity index (χ2v) is 9.55. The van der Waals surface area contributed by atoms with Crippen LogP contribution >= 0.6 is 0 Å². The van der Waals surface area contributed by atoms with Gasteiger partial charge in [0.25, 0.3) is 0 Å². The van der Waals surface area contributed by atoms with E-state index in [-0.39, 0.29) is 11.1 Å². The quantitative estimate of drug-likeness (QED) is 0.192. The molecule has 0 saturated carbocycles. The van der Waals surface area contributed by atoms with Gasteiger partial charge in [0.2, 0.25) is 0 Å². The number of hydrogen-bond acceptors (Lipinski definition) is 2. The summed E-state index contributed by atoms with van der Waals surface area (Å²) in [4.78, 5) is 0. The van der Waals surface area contributed by atoms with Crippen molar-refractivity contribution < 1.29 is 0 Å². The maximum Gasteiger partial charge on any atom is 0.0336 e. The molecule has 2 nitrogen and oxygen atoms in total. The zero-order chi connectivity index (χ0) is 21.1. The third-order valence-corrected chi connectivity index (χ3v) is 6.90. The highest BCUT2D eigenvalue weighted by molar-refractivity contribution is 5.06. The molecule has 4 N–H and O–H groups in total. The fourth-order valence-electron chi connectivity index (χ4n) is 4.71. The van der Waals surface area contributed by atoms with Crippen LogP contribution in [-0.4, -0.2) is 11.1 Å². The molecule has 0 amide bonds. The zero-order valence-corrected chi connectivity index (χ0v) is 20.3. The SMILES string of the molecule is CCCCCCC(N)(CCCCCC)C(N)(CCCCCC)CCCCCC. The van der Waals surface area contributed by atoms with Crippen LogP contribution in [0.1, 0.15) is 156 Å². The van der Waals surface area contributed by atoms with Crippen LogP contribution in [0.25, 0.3) is 0 Å². The topological polar surface area (TPSA) is 52.0 Å². The average Bonchev–Trinajstić information content (AvgIpc) is 2.69. The van der Waals surface area contributed by atoms with Gasteiger partial charge in [0, 0.05) is 11.1 Å². The van der Waals surface area contributed by atoms with Crippen molar-refractivity contribution in [2.75, 3.05) is 0 Å². The van der Waals surface area contributed by atoms with Crippen molar-refractivity contribution >= 4 is 0 Å². The Kier molecular flexibility index (Phi) is 17.7. The molecular weight excluding hydrogens is 340 g/mol. The summed E-state index contributed by atoms with van der Waals surface area (Å²) in [6.07, 6.45) is 25.2. The van der Waals surface area contributed by atoms with Crippen molar-refractivity contribution in [3.8, 4) is 0 Å². The van der Waals surface area contributed by atoms with Crippen molar-refractivity contribution in [2.24, 2.45) is 11.5 Å². The van der Waals surface area contributed by atoms with E-state index in [1.54, 1.807) is 0 Å². The zero-order valence-electron chi connectivity index (χ0n) is 20.3. The van der Waals surface area contributed by atoms with Crippen molar-refractivity contribution in [1.29, 1.82) is 0 Å². The summed E-state index contributed by atoms with van der Waals surface area (Å²) in [5, 5.41) is 0. The highest BCUT2D eigenvalue weighted by Gasteiger charge is 2.43. The maximum atomic E-state index is 7.25. The Morgan fingerprint density at radius 2 is 0.571 bits per heavy atom. The monoisotopic (exact) mass is 396 g/mol. The van der Waals surface area contributed by atoms with Gasteiger partial charge in [-0.1, -0.05) is 130 Å². The lowest BCUT2D eigenvalue weighted by molar-refractivity contribution is 0.149. The Labute approximate surface area is 179 Å². The minimum Gasteiger partial charge on any atom is -0.324 e. The summed E-state index contributed by atoms with van der Waals surface area (Å²) in [6.45, 7) is 9.15. The molecule has 0 aromatic rings. The predicted molar refractivity (Wildman–Crippen MR) is 129 cm³/mol. The number of rotatable bonds is 21. The summed E-state index contributed by atoms with van der Waals surface area (Å²) < 4.78 is 0. The second kappa shape index (κ2) is 17.8. The standard InChI is InChI=1S/C26H56N2/c1-5-9-13-17-21-25(27,22-18-14-10-6-2)26(28,23-19-15-11-7-3)24-20-16-12-8-4/h5-24,27-28H2,1-4H3. The van der Waals surface area contributed by atoms with Gasteiger partial charge in [-0.3, -0.25) is 0 Å². The van der Waals surface area contributed by atoms with E-state index in [0.717, 1.165) is 25.7 Å². The second-order valence-electron chi connectivity index (χ2n) is 9.55. The Morgan fingerprint density at radius 1 is 0.357 bits per heavy atom. The molecule has 0 spiro atoms. The van der Waals surface area contributed by atoms with Crippen molar-refractivity contribution in [3.05, 3.63) is 0 Å². The first kappa shape index (κ1) is 27.9. The summed E-state index contributed by atoms with van der Waals surface area (Å²) in [5.41, 5.74) is 14.1. The van der Waals surface area contributed by atoms with E-state index in [1.165, 1.54) is 103 Å². The first-order valence-corrected chi connectivity index (χ1v) is 13.1. The first-order chi connectivity index (χ1) is 13.5. The molecule has 2 heteroatoms. The smallest absolute Gasteiger partial charge is 0.0336 e. The minimum atomic E-state index is -0.174. The molecular formula is C26H56N2. The van der Waals surface area contributed by atoms with Crippen LogP contribution in [0.15, 0.2) is 0 Å². The molecule has 0 unspecified atom stereocenters. The number of nitrogens with two attached hydrogens (primary N) is 2. The first-order valence-electron chi connectivity index (χ1n) is 13.1. The normalized spacial score (nSPS) is 12.6. The van der Waals surface area contributed by atoms with Gasteiger partial charge < -0.3 is 11.5 Å². The van der Waals surface area contributed by atoms with Gasteiger partial charge in [0.15, 0.2) is 0 Å². The summed E-state index contributed by atoms with van der Waals surface area (Å²) in [5.74, 6) is 0. The van der Waals surface area contributed by atoms with Crippen LogP contribution in [0.2, 0.25) is 0 Å². The molecule has 0 rings (SSSR count). The Hall–Kier alpha value is -0.0800. The lowest BCUT2D eigenvalue weighted by Gasteiger charge is -2.47. The van der Waals surface area contributed by atoms with Crippen LogP contribution < -0.4 is 11.5 Å². The van der Waals surface area contributed by atoms with Gasteiger partial charge in [-0.15, -0.1) is 0 Å². The third-order valence-electron chi connectivity index (χ3n) is 6.90. The predicted octanol–water partition coefficient (Wildman–Crippen LogP) is 8.26. The van der Waals surface area contributed by atoms with Gasteiger partial charge >= 0.3 is 0 Å². The van der Waals surface area contributed by atoms with E-state index < -0.39 is 0 Å². The molecule has 0 aromatic carbocycles. The molecule has 0 atom stereocenters. The van der Waals surface area contributed by atoms with E-state index >= 15 is 0 Å². The third kappa shape index (κ3) is 11.8. The molecule has 0 radical (unpaired) electrons. The number of unbranched alkanes of at least 4 members (excludes halogenated alkanes) is 12. The van der Waals surface area contributed by atoms with Crippen LogP contribution in [0, 0.1) is 0 Å². The molecule has 0 aliphatic carbocycles. The van der Waals surface area contributed by atoms with Crippen LogP contribution in [0.3, 0.4) is 0 Å². The van der Waals surface area contributed by atoms with Gasteiger partial charge in [0.1, 0.15) is 0 Å². The van der Waals surface area contributed by atoms with Crippen LogP contribution in [0.4, 0.5) is 0 Å². The minimum absolute atomic E-state index is 0.174. The van der Waals surface area contributed by atoms with Crippen molar-refractivity contribution in [1.82, 2.24) is 0 Å². The molecule has 28 heavy (non-hydrogen) atoms. The van der Waals surface area contributed by atoms with E-state index in [0.29, 0.717) is 0 Å². The molecule has 0 saturated heterocycles. The van der Waals surface area contributed by atoms with Gasteiger partial charge in [-0.2, -0.15) is 0 Å². The molecule has 0 heterocycles. The fourth-order valence-corrected chi connectivity index (χ4v) is 4.71. The Balaban J connectivity index is 5.11. The summed E-state index contributed by atoms with van der Waals surface area (Å²) in [6, 6.07) is 0. The number of hydrogen-bond donors (Lipinski definition) is 2. The molecule has 0 aromatic heterocycles. The largest absolute Gasteiger partial charge is 0.324 e. The van der Waals surface area contributed by atoms with E-state index in [4.69, 9.17) is 11.5 Å². The highest BCUT2D eigenvalue weighted by atomic mass is 14.9. The molecule has 0 aliphatic heterocycles. The van der Waals surface area contributed by atoms with E-state index in [2.05, 4.69) is 27.7 Å². The molecule has 0 bridgehead atoms. The summed E-state index contributed by atoms with van der Waals surface area (Å²) >= 11 is 0. The van der Waals surface area contributed by atoms with Gasteiger partial charge in [-0.05, 0) is 25.7 Å². The Bertz CT molecular complexity index is 270. The van der Waals surface area contributed by atoms with E-state index in [9.17, 15) is 0 Å². The highest BCUT2D eigenvalue weighted by Crippen LogP contribution is 2.37. The molecule has 170 valence electrons. The van der Waals surface area contributed by atoms with Gasteiger partial charge in [0.05, 0.1) is 0 Å². The van der Waals surface area contributed by atoms with Crippen LogP contribution in [0.5, 0.6) is 0 Å². The van der Waals surface area contributed by atoms with Gasteiger partial charge in [-0.25, -0.2) is 0 Å². The summed E-state index contributed by atoms with van der Waals surface area (Å²) in [7, 11) is 0. The lowest BCUT2D eigenvalue weighted by atomic mass is 9.66. The Morgan fingerprint density at radius 3 is 0.750 bits per heavy atom. The van der Waals surface area contributed by atoms with Crippen molar-refractivity contribution in [2.45, 2.75) is 167 Å². The maximum absolute atomic E-state index is 7.25. The van der Waals surface area contributed by atoms with E-state index in [1.807, 2.05) is 0 Å². The molecule has 0 aliphatic rings.